The molecule has 0 unspecified atom stereocenters. The van der Waals surface area contributed by atoms with E-state index in [-0.39, 0.29) is 24.7 Å². The molecule has 1 aliphatic heterocycles. The molecule has 0 aromatic heterocycles. The fourth-order valence-corrected chi connectivity index (χ4v) is 2.59. The third kappa shape index (κ3) is 5.01. The van der Waals surface area contributed by atoms with Gasteiger partial charge in [-0.2, -0.15) is 0 Å². The molecule has 2 aromatic rings. The van der Waals surface area contributed by atoms with Crippen LogP contribution in [0, 0.1) is 5.82 Å². The van der Waals surface area contributed by atoms with Crippen molar-refractivity contribution in [3.05, 3.63) is 53.8 Å². The monoisotopic (exact) mass is 403 g/mol. The van der Waals surface area contributed by atoms with Crippen LogP contribution < -0.4 is 14.4 Å². The van der Waals surface area contributed by atoms with Gasteiger partial charge >= 0.3 is 11.9 Å². The number of rotatable bonds is 7. The lowest BCUT2D eigenvalue weighted by atomic mass is 10.2. The number of carbonyl (C=O) groups excluding carboxylic acids is 3. The molecule has 29 heavy (non-hydrogen) atoms. The summed E-state index contributed by atoms with van der Waals surface area (Å²) >= 11 is 0. The van der Waals surface area contributed by atoms with Crippen LogP contribution in [-0.2, 0) is 19.1 Å². The third-order valence-electron chi connectivity index (χ3n) is 3.97. The number of hydrogen-bond donors (Lipinski definition) is 0. The van der Waals surface area contributed by atoms with Crippen molar-refractivity contribution in [3.63, 3.8) is 0 Å². The van der Waals surface area contributed by atoms with E-state index in [1.807, 2.05) is 0 Å². The number of esters is 2. The SMILES string of the molecule is CCOC(=O)CN(C(=O)COC(=O)c1ccc2c(c1)OCO2)c1ccc(F)cc1. The Morgan fingerprint density at radius 2 is 1.76 bits per heavy atom. The number of hydrogen-bond acceptors (Lipinski definition) is 7. The highest BCUT2D eigenvalue weighted by atomic mass is 19.1. The summed E-state index contributed by atoms with van der Waals surface area (Å²) in [7, 11) is 0. The summed E-state index contributed by atoms with van der Waals surface area (Å²) in [6.07, 6.45) is 0. The first-order valence-electron chi connectivity index (χ1n) is 8.76. The molecule has 0 spiro atoms. The molecule has 3 rings (SSSR count). The predicted molar refractivity (Wildman–Crippen MR) is 98.2 cm³/mol. The van der Waals surface area contributed by atoms with Crippen molar-refractivity contribution in [2.75, 3.05) is 31.5 Å². The molecule has 0 saturated carbocycles. The van der Waals surface area contributed by atoms with Gasteiger partial charge in [-0.25, -0.2) is 9.18 Å². The molecule has 1 aliphatic rings. The summed E-state index contributed by atoms with van der Waals surface area (Å²) in [5.41, 5.74) is 0.448. The van der Waals surface area contributed by atoms with Crippen molar-refractivity contribution in [3.8, 4) is 11.5 Å². The van der Waals surface area contributed by atoms with Gasteiger partial charge in [-0.1, -0.05) is 0 Å². The van der Waals surface area contributed by atoms with E-state index in [1.54, 1.807) is 13.0 Å². The molecule has 0 fully saturated rings. The second kappa shape index (κ2) is 9.05. The van der Waals surface area contributed by atoms with Crippen LogP contribution in [0.3, 0.4) is 0 Å². The van der Waals surface area contributed by atoms with Crippen molar-refractivity contribution in [1.82, 2.24) is 0 Å². The van der Waals surface area contributed by atoms with Crippen LogP contribution in [0.4, 0.5) is 10.1 Å². The van der Waals surface area contributed by atoms with Crippen LogP contribution in [0.2, 0.25) is 0 Å². The summed E-state index contributed by atoms with van der Waals surface area (Å²) in [5.74, 6) is -1.64. The number of ether oxygens (including phenoxy) is 4. The first-order chi connectivity index (χ1) is 14.0. The lowest BCUT2D eigenvalue weighted by Crippen LogP contribution is -2.39. The van der Waals surface area contributed by atoms with Crippen LogP contribution in [0.25, 0.3) is 0 Å². The van der Waals surface area contributed by atoms with Gasteiger partial charge in [0, 0.05) is 5.69 Å². The lowest BCUT2D eigenvalue weighted by Gasteiger charge is -2.21. The van der Waals surface area contributed by atoms with Gasteiger partial charge in [-0.15, -0.1) is 0 Å². The van der Waals surface area contributed by atoms with Crippen molar-refractivity contribution in [2.24, 2.45) is 0 Å². The Morgan fingerprint density at radius 1 is 1.03 bits per heavy atom. The second-order valence-electron chi connectivity index (χ2n) is 5.91. The molecule has 0 bridgehead atoms. The van der Waals surface area contributed by atoms with E-state index in [2.05, 4.69) is 0 Å². The summed E-state index contributed by atoms with van der Waals surface area (Å²) < 4.78 is 33.5. The molecule has 1 heterocycles. The summed E-state index contributed by atoms with van der Waals surface area (Å²) in [4.78, 5) is 37.7. The van der Waals surface area contributed by atoms with Gasteiger partial charge in [0.25, 0.3) is 5.91 Å². The Bertz CT molecular complexity index is 914. The Kier molecular flexibility index (Phi) is 6.28. The normalized spacial score (nSPS) is 11.7. The second-order valence-corrected chi connectivity index (χ2v) is 5.91. The molecule has 0 radical (unpaired) electrons. The fraction of sp³-hybridized carbons (Fsp3) is 0.250. The van der Waals surface area contributed by atoms with Crippen molar-refractivity contribution >= 4 is 23.5 Å². The largest absolute Gasteiger partial charge is 0.465 e. The van der Waals surface area contributed by atoms with E-state index in [4.69, 9.17) is 18.9 Å². The maximum absolute atomic E-state index is 13.2. The molecule has 2 aromatic carbocycles. The summed E-state index contributed by atoms with van der Waals surface area (Å²) in [6, 6.07) is 9.48. The Hall–Kier alpha value is -3.62. The van der Waals surface area contributed by atoms with Crippen molar-refractivity contribution < 1.29 is 37.7 Å². The molecule has 152 valence electrons. The number of fused-ring (bicyclic) bond motifs is 1. The lowest BCUT2D eigenvalue weighted by molar-refractivity contribution is -0.142. The van der Waals surface area contributed by atoms with Gasteiger partial charge < -0.3 is 18.9 Å². The minimum atomic E-state index is -0.744. The van der Waals surface area contributed by atoms with Gasteiger partial charge in [0.15, 0.2) is 18.1 Å². The molecule has 0 N–H and O–H groups in total. The number of halogens is 1. The van der Waals surface area contributed by atoms with E-state index in [0.717, 1.165) is 17.0 Å². The van der Waals surface area contributed by atoms with E-state index < -0.39 is 36.8 Å². The quantitative estimate of drug-likeness (QED) is 0.655. The number of benzene rings is 2. The highest BCUT2D eigenvalue weighted by Crippen LogP contribution is 2.32. The average molecular weight is 403 g/mol. The van der Waals surface area contributed by atoms with Crippen molar-refractivity contribution in [1.29, 1.82) is 0 Å². The first kappa shape index (κ1) is 20.1. The minimum Gasteiger partial charge on any atom is -0.465 e. The number of amides is 1. The zero-order valence-corrected chi connectivity index (χ0v) is 15.6. The summed E-state index contributed by atoms with van der Waals surface area (Å²) in [5, 5.41) is 0. The zero-order chi connectivity index (χ0) is 20.8. The molecule has 0 aliphatic carbocycles. The zero-order valence-electron chi connectivity index (χ0n) is 15.6. The smallest absolute Gasteiger partial charge is 0.338 e. The molecule has 9 heteroatoms. The van der Waals surface area contributed by atoms with Gasteiger partial charge in [-0.3, -0.25) is 14.5 Å². The first-order valence-corrected chi connectivity index (χ1v) is 8.76. The van der Waals surface area contributed by atoms with E-state index in [9.17, 15) is 18.8 Å². The number of anilines is 1. The molecular weight excluding hydrogens is 385 g/mol. The highest BCUT2D eigenvalue weighted by molar-refractivity contribution is 6.00. The third-order valence-corrected chi connectivity index (χ3v) is 3.97. The van der Waals surface area contributed by atoms with Crippen LogP contribution >= 0.6 is 0 Å². The molecule has 8 nitrogen and oxygen atoms in total. The van der Waals surface area contributed by atoms with Gasteiger partial charge in [0.05, 0.1) is 12.2 Å². The van der Waals surface area contributed by atoms with E-state index >= 15 is 0 Å². The van der Waals surface area contributed by atoms with Crippen LogP contribution in [0.5, 0.6) is 11.5 Å². The molecule has 0 atom stereocenters. The van der Waals surface area contributed by atoms with Crippen molar-refractivity contribution in [2.45, 2.75) is 6.92 Å². The fourth-order valence-electron chi connectivity index (χ4n) is 2.59. The number of nitrogens with zero attached hydrogens (tertiary/aromatic N) is 1. The molecule has 1 amide bonds. The predicted octanol–water partition coefficient (Wildman–Crippen LogP) is 2.31. The van der Waals surface area contributed by atoms with E-state index in [0.29, 0.717) is 11.5 Å². The Labute approximate surface area is 165 Å². The molecule has 0 saturated heterocycles. The van der Waals surface area contributed by atoms with Crippen LogP contribution in [0.1, 0.15) is 17.3 Å². The van der Waals surface area contributed by atoms with Crippen LogP contribution in [0.15, 0.2) is 42.5 Å². The van der Waals surface area contributed by atoms with Gasteiger partial charge in [-0.05, 0) is 49.4 Å². The Balaban J connectivity index is 1.67. The Morgan fingerprint density at radius 3 is 2.48 bits per heavy atom. The number of carbonyl (C=O) groups is 3. The maximum atomic E-state index is 13.2. The summed E-state index contributed by atoms with van der Waals surface area (Å²) in [6.45, 7) is 0.815. The van der Waals surface area contributed by atoms with Gasteiger partial charge in [0.2, 0.25) is 6.79 Å². The molecular formula is C20H18FNO7. The average Bonchev–Trinajstić information content (AvgIpc) is 3.19. The van der Waals surface area contributed by atoms with Gasteiger partial charge in [0.1, 0.15) is 12.4 Å². The van der Waals surface area contributed by atoms with Crippen LogP contribution in [-0.4, -0.2) is 44.4 Å². The highest BCUT2D eigenvalue weighted by Gasteiger charge is 2.23. The maximum Gasteiger partial charge on any atom is 0.338 e. The standard InChI is InChI=1S/C20H18FNO7/c1-2-26-19(24)10-22(15-6-4-14(21)5-7-15)18(23)11-27-20(25)13-3-8-16-17(9-13)29-12-28-16/h3-9H,2,10-12H2,1H3. The minimum absolute atomic E-state index is 0.0623. The van der Waals surface area contributed by atoms with E-state index in [1.165, 1.54) is 24.3 Å². The topological polar surface area (TPSA) is 91.4 Å².